The van der Waals surface area contributed by atoms with Crippen molar-refractivity contribution in [2.75, 3.05) is 0 Å². The Morgan fingerprint density at radius 1 is 1.03 bits per heavy atom. The number of nitrogens with zero attached hydrogens (tertiary/aromatic N) is 3. The number of hydrazine groups is 1. The van der Waals surface area contributed by atoms with Crippen LogP contribution in [0.15, 0.2) is 42.5 Å². The monoisotopic (exact) mass is 643 g/mol. The predicted octanol–water partition coefficient (Wildman–Crippen LogP) is 5.24. The zero-order valence-electron chi connectivity index (χ0n) is 17.8. The number of benzene rings is 2. The Balaban J connectivity index is 1.57. The number of rotatable bonds is 5. The van der Waals surface area contributed by atoms with Gasteiger partial charge in [-0.1, -0.05) is 73.3 Å². The van der Waals surface area contributed by atoms with E-state index in [2.05, 4.69) is 31.9 Å². The SMILES string of the molecule is O=C(c1ccccc1[N+](=O)[O-])N(Cc1ccc(Cl)c(Cl)c1)N1C(=O)[C@@H]2[C@H]3C[C@@H]([C@H](Br)[C@H]3Br)[C@H]2C1=O. The third-order valence-corrected chi connectivity index (χ3v) is 11.0. The Morgan fingerprint density at radius 3 is 2.20 bits per heavy atom. The van der Waals surface area contributed by atoms with E-state index in [-0.39, 0.29) is 38.6 Å². The van der Waals surface area contributed by atoms with E-state index in [9.17, 15) is 24.5 Å². The maximum atomic E-state index is 13.7. The normalized spacial score (nSPS) is 29.0. The quantitative estimate of drug-likeness (QED) is 0.192. The van der Waals surface area contributed by atoms with Gasteiger partial charge in [-0.2, -0.15) is 5.01 Å². The first-order chi connectivity index (χ1) is 16.6. The van der Waals surface area contributed by atoms with E-state index in [1.54, 1.807) is 12.1 Å². The van der Waals surface area contributed by atoms with E-state index in [4.69, 9.17) is 23.2 Å². The molecule has 8 nitrogen and oxygen atoms in total. The second-order valence-electron chi connectivity index (χ2n) is 8.88. The van der Waals surface area contributed by atoms with Crippen molar-refractivity contribution in [3.8, 4) is 0 Å². The topological polar surface area (TPSA) is 101 Å². The molecule has 3 amide bonds. The zero-order valence-corrected chi connectivity index (χ0v) is 22.5. The first kappa shape index (κ1) is 24.7. The van der Waals surface area contributed by atoms with Crippen LogP contribution in [0.3, 0.4) is 0 Å². The molecule has 1 aliphatic heterocycles. The number of nitro benzene ring substituents is 1. The number of carbonyl (C=O) groups excluding carboxylic acids is 3. The maximum absolute atomic E-state index is 13.7. The van der Waals surface area contributed by atoms with Crippen molar-refractivity contribution in [1.82, 2.24) is 10.0 Å². The number of fused-ring (bicyclic) bond motifs is 5. The lowest BCUT2D eigenvalue weighted by Gasteiger charge is -2.31. The highest BCUT2D eigenvalue weighted by Gasteiger charge is 2.67. The van der Waals surface area contributed by atoms with Crippen LogP contribution < -0.4 is 0 Å². The molecule has 0 N–H and O–H groups in total. The van der Waals surface area contributed by atoms with Crippen molar-refractivity contribution < 1.29 is 19.3 Å². The lowest BCUT2D eigenvalue weighted by molar-refractivity contribution is -0.385. The van der Waals surface area contributed by atoms with Crippen LogP contribution in [-0.2, 0) is 16.1 Å². The fourth-order valence-electron chi connectivity index (χ4n) is 5.57. The van der Waals surface area contributed by atoms with Crippen LogP contribution in [0.25, 0.3) is 0 Å². The average molecular weight is 646 g/mol. The smallest absolute Gasteiger partial charge is 0.272 e. The molecule has 2 aromatic carbocycles. The standard InChI is InChI=1S/C23H17Br2Cl2N3O5/c24-19-12-8-13(20(19)25)18-17(12)22(32)29(23(18)33)28(9-10-5-6-14(26)15(27)7-10)21(31)11-3-1-2-4-16(11)30(34)35/h1-7,12-13,17-20H,8-9H2/t12-,13-,17-,18-,19+,20+/m1/s1. The molecule has 35 heavy (non-hydrogen) atoms. The molecule has 2 aliphatic carbocycles. The molecule has 2 bridgehead atoms. The van der Waals surface area contributed by atoms with Gasteiger partial charge >= 0.3 is 0 Å². The largest absolute Gasteiger partial charge is 0.282 e. The van der Waals surface area contributed by atoms with Gasteiger partial charge < -0.3 is 0 Å². The summed E-state index contributed by atoms with van der Waals surface area (Å²) in [7, 11) is 0. The summed E-state index contributed by atoms with van der Waals surface area (Å²) in [5.41, 5.74) is -0.143. The van der Waals surface area contributed by atoms with Crippen LogP contribution in [0.2, 0.25) is 10.0 Å². The van der Waals surface area contributed by atoms with Crippen molar-refractivity contribution in [2.45, 2.75) is 22.6 Å². The van der Waals surface area contributed by atoms with Gasteiger partial charge in [0.15, 0.2) is 0 Å². The predicted molar refractivity (Wildman–Crippen MR) is 135 cm³/mol. The Labute approximate surface area is 226 Å². The van der Waals surface area contributed by atoms with Crippen molar-refractivity contribution in [2.24, 2.45) is 23.7 Å². The van der Waals surface area contributed by atoms with Crippen LogP contribution in [0.1, 0.15) is 22.3 Å². The highest BCUT2D eigenvalue weighted by Crippen LogP contribution is 2.60. The van der Waals surface area contributed by atoms with E-state index in [0.29, 0.717) is 10.6 Å². The summed E-state index contributed by atoms with van der Waals surface area (Å²) in [6.07, 6.45) is 0.734. The highest BCUT2D eigenvalue weighted by molar-refractivity contribution is 9.12. The summed E-state index contributed by atoms with van der Waals surface area (Å²) in [6.45, 7) is -0.205. The lowest BCUT2D eigenvalue weighted by atomic mass is 9.81. The fourth-order valence-corrected chi connectivity index (χ4v) is 7.76. The number of hydrogen-bond acceptors (Lipinski definition) is 5. The first-order valence-electron chi connectivity index (χ1n) is 10.8. The molecule has 3 aliphatic rings. The van der Waals surface area contributed by atoms with Crippen molar-refractivity contribution in [1.29, 1.82) is 0 Å². The molecular formula is C23H17Br2Cl2N3O5. The van der Waals surface area contributed by atoms with Crippen molar-refractivity contribution in [3.63, 3.8) is 0 Å². The molecule has 12 heteroatoms. The third-order valence-electron chi connectivity index (χ3n) is 7.09. The Kier molecular flexibility index (Phi) is 6.44. The Morgan fingerprint density at radius 2 is 1.63 bits per heavy atom. The van der Waals surface area contributed by atoms with Gasteiger partial charge in [-0.3, -0.25) is 24.5 Å². The third kappa shape index (κ3) is 3.89. The molecule has 1 saturated heterocycles. The van der Waals surface area contributed by atoms with Crippen LogP contribution in [-0.4, -0.2) is 42.3 Å². The average Bonchev–Trinajstić information content (AvgIpc) is 3.44. The van der Waals surface area contributed by atoms with Gasteiger partial charge in [0, 0.05) is 15.7 Å². The lowest BCUT2D eigenvalue weighted by Crippen LogP contribution is -2.50. The van der Waals surface area contributed by atoms with Crippen molar-refractivity contribution >= 4 is 78.5 Å². The summed E-state index contributed by atoms with van der Waals surface area (Å²) >= 11 is 19.5. The fraction of sp³-hybridized carbons (Fsp3) is 0.348. The summed E-state index contributed by atoms with van der Waals surface area (Å²) in [4.78, 5) is 52.0. The molecule has 0 aromatic heterocycles. The molecule has 182 valence electrons. The van der Waals surface area contributed by atoms with Crippen LogP contribution in [0, 0.1) is 33.8 Å². The number of carbonyl (C=O) groups is 3. The van der Waals surface area contributed by atoms with Crippen molar-refractivity contribution in [3.05, 3.63) is 73.8 Å². The summed E-state index contributed by atoms with van der Waals surface area (Å²) < 4.78 is 0. The summed E-state index contributed by atoms with van der Waals surface area (Å²) in [6, 6.07) is 10.1. The minimum atomic E-state index is -0.830. The van der Waals surface area contributed by atoms with E-state index in [1.807, 2.05) is 0 Å². The van der Waals surface area contributed by atoms with Gasteiger partial charge in [0.25, 0.3) is 23.4 Å². The molecule has 0 radical (unpaired) electrons. The summed E-state index contributed by atoms with van der Waals surface area (Å²) in [5, 5.41) is 14.0. The van der Waals surface area contributed by atoms with Crippen LogP contribution in [0.5, 0.6) is 0 Å². The molecule has 2 aromatic rings. The second kappa shape index (κ2) is 9.14. The number of para-hydroxylation sites is 1. The first-order valence-corrected chi connectivity index (χ1v) is 13.4. The number of halogens is 4. The molecule has 5 rings (SSSR count). The van der Waals surface area contributed by atoms with E-state index >= 15 is 0 Å². The van der Waals surface area contributed by atoms with Gasteiger partial charge in [-0.05, 0) is 42.0 Å². The highest BCUT2D eigenvalue weighted by atomic mass is 79.9. The molecule has 6 atom stereocenters. The van der Waals surface area contributed by atoms with E-state index in [1.165, 1.54) is 30.3 Å². The molecule has 0 unspecified atom stereocenters. The minimum absolute atomic E-state index is 0.0277. The summed E-state index contributed by atoms with van der Waals surface area (Å²) in [5.74, 6) is -2.98. The maximum Gasteiger partial charge on any atom is 0.282 e. The molecule has 3 fully saturated rings. The van der Waals surface area contributed by atoms with Crippen LogP contribution >= 0.6 is 55.1 Å². The number of nitro groups is 1. The molecule has 2 saturated carbocycles. The second-order valence-corrected chi connectivity index (χ2v) is 11.8. The van der Waals surface area contributed by atoms with E-state index in [0.717, 1.165) is 16.4 Å². The van der Waals surface area contributed by atoms with Gasteiger partial charge in [0.05, 0.1) is 33.3 Å². The number of hydrogen-bond donors (Lipinski definition) is 0. The Hall–Kier alpha value is -2.01. The number of imide groups is 1. The van der Waals surface area contributed by atoms with Gasteiger partial charge in [0.1, 0.15) is 5.56 Å². The van der Waals surface area contributed by atoms with Gasteiger partial charge in [-0.15, -0.1) is 0 Å². The number of amides is 3. The minimum Gasteiger partial charge on any atom is -0.272 e. The number of alkyl halides is 2. The molecular weight excluding hydrogens is 629 g/mol. The zero-order chi connectivity index (χ0) is 25.2. The molecule has 0 spiro atoms. The molecule has 1 heterocycles. The van der Waals surface area contributed by atoms with E-state index < -0.39 is 40.2 Å². The van der Waals surface area contributed by atoms with Gasteiger partial charge in [-0.25, -0.2) is 5.01 Å². The Bertz CT molecular complexity index is 1250. The van der Waals surface area contributed by atoms with Crippen LogP contribution in [0.4, 0.5) is 5.69 Å². The van der Waals surface area contributed by atoms with Gasteiger partial charge in [0.2, 0.25) is 0 Å².